The first-order valence-electron chi connectivity index (χ1n) is 7.08. The Hall–Kier alpha value is -2.13. The van der Waals surface area contributed by atoms with E-state index in [0.29, 0.717) is 37.4 Å². The topological polar surface area (TPSA) is 82.2 Å². The molecule has 1 aromatic carbocycles. The van der Waals surface area contributed by atoms with Gasteiger partial charge in [0.05, 0.1) is 23.2 Å². The Morgan fingerprint density at radius 3 is 3.05 bits per heavy atom. The first kappa shape index (κ1) is 15.3. The van der Waals surface area contributed by atoms with Gasteiger partial charge < -0.3 is 16.0 Å². The number of nitriles is 1. The van der Waals surface area contributed by atoms with Gasteiger partial charge in [-0.3, -0.25) is 4.79 Å². The molecular formula is C15H19FN4O. The van der Waals surface area contributed by atoms with E-state index in [2.05, 4.69) is 5.32 Å². The Kier molecular flexibility index (Phi) is 5.12. The fourth-order valence-corrected chi connectivity index (χ4v) is 2.58. The fraction of sp³-hybridized carbons (Fsp3) is 0.467. The molecule has 0 aromatic heterocycles. The second-order valence-electron chi connectivity index (χ2n) is 5.14. The van der Waals surface area contributed by atoms with E-state index in [4.69, 9.17) is 11.0 Å². The minimum atomic E-state index is -0.419. The highest BCUT2D eigenvalue weighted by atomic mass is 19.1. The van der Waals surface area contributed by atoms with Gasteiger partial charge in [0.15, 0.2) is 0 Å². The van der Waals surface area contributed by atoms with E-state index < -0.39 is 5.82 Å². The van der Waals surface area contributed by atoms with Gasteiger partial charge in [-0.25, -0.2) is 4.39 Å². The number of nitrogens with two attached hydrogens (primary N) is 1. The molecule has 1 unspecified atom stereocenters. The molecule has 1 atom stereocenters. The SMILES string of the molecule is N#Cc1ccc(N2CCCC(C(=O)NCCN)C2)c(F)c1. The predicted molar refractivity (Wildman–Crippen MR) is 78.1 cm³/mol. The summed E-state index contributed by atoms with van der Waals surface area (Å²) in [5, 5.41) is 11.5. The Morgan fingerprint density at radius 2 is 2.38 bits per heavy atom. The van der Waals surface area contributed by atoms with Gasteiger partial charge in [-0.1, -0.05) is 0 Å². The van der Waals surface area contributed by atoms with E-state index in [1.54, 1.807) is 12.1 Å². The highest BCUT2D eigenvalue weighted by Crippen LogP contribution is 2.26. The van der Waals surface area contributed by atoms with E-state index in [0.717, 1.165) is 12.8 Å². The van der Waals surface area contributed by atoms with Crippen LogP contribution in [0.5, 0.6) is 0 Å². The second-order valence-corrected chi connectivity index (χ2v) is 5.14. The molecule has 1 aliphatic heterocycles. The van der Waals surface area contributed by atoms with Crippen molar-refractivity contribution in [3.8, 4) is 6.07 Å². The lowest BCUT2D eigenvalue weighted by atomic mass is 9.96. The monoisotopic (exact) mass is 290 g/mol. The van der Waals surface area contributed by atoms with Crippen LogP contribution in [0.1, 0.15) is 18.4 Å². The van der Waals surface area contributed by atoms with Crippen molar-refractivity contribution >= 4 is 11.6 Å². The van der Waals surface area contributed by atoms with Crippen LogP contribution in [-0.2, 0) is 4.79 Å². The summed E-state index contributed by atoms with van der Waals surface area (Å²) in [6.07, 6.45) is 1.63. The zero-order chi connectivity index (χ0) is 15.2. The number of halogens is 1. The highest BCUT2D eigenvalue weighted by Gasteiger charge is 2.26. The summed E-state index contributed by atoms with van der Waals surface area (Å²) in [4.78, 5) is 13.9. The smallest absolute Gasteiger partial charge is 0.224 e. The van der Waals surface area contributed by atoms with Crippen molar-refractivity contribution in [1.29, 1.82) is 5.26 Å². The van der Waals surface area contributed by atoms with Gasteiger partial charge in [0.1, 0.15) is 5.82 Å². The van der Waals surface area contributed by atoms with Crippen LogP contribution in [0.4, 0.5) is 10.1 Å². The van der Waals surface area contributed by atoms with Gasteiger partial charge in [-0.2, -0.15) is 5.26 Å². The van der Waals surface area contributed by atoms with Crippen molar-refractivity contribution in [2.24, 2.45) is 11.7 Å². The first-order valence-corrected chi connectivity index (χ1v) is 7.08. The lowest BCUT2D eigenvalue weighted by Crippen LogP contribution is -2.44. The Bertz CT molecular complexity index is 555. The minimum absolute atomic E-state index is 0.0285. The normalized spacial score (nSPS) is 18.1. The van der Waals surface area contributed by atoms with Gasteiger partial charge in [0, 0.05) is 26.2 Å². The van der Waals surface area contributed by atoms with Crippen molar-refractivity contribution in [2.45, 2.75) is 12.8 Å². The highest BCUT2D eigenvalue weighted by molar-refractivity contribution is 5.79. The molecule has 1 aromatic rings. The van der Waals surface area contributed by atoms with Gasteiger partial charge in [0.25, 0.3) is 0 Å². The summed E-state index contributed by atoms with van der Waals surface area (Å²) >= 11 is 0. The maximum absolute atomic E-state index is 14.0. The molecule has 1 amide bonds. The van der Waals surface area contributed by atoms with E-state index >= 15 is 0 Å². The van der Waals surface area contributed by atoms with Crippen molar-refractivity contribution in [2.75, 3.05) is 31.1 Å². The number of nitrogens with zero attached hydrogens (tertiary/aromatic N) is 2. The molecule has 21 heavy (non-hydrogen) atoms. The molecule has 1 saturated heterocycles. The van der Waals surface area contributed by atoms with Crippen molar-refractivity contribution < 1.29 is 9.18 Å². The molecule has 6 heteroatoms. The number of amides is 1. The first-order chi connectivity index (χ1) is 10.2. The van der Waals surface area contributed by atoms with Crippen molar-refractivity contribution in [3.63, 3.8) is 0 Å². The molecular weight excluding hydrogens is 271 g/mol. The molecule has 5 nitrogen and oxygen atoms in total. The largest absolute Gasteiger partial charge is 0.368 e. The van der Waals surface area contributed by atoms with Crippen LogP contribution in [0, 0.1) is 23.1 Å². The third kappa shape index (κ3) is 3.70. The van der Waals surface area contributed by atoms with Crippen molar-refractivity contribution in [1.82, 2.24) is 5.32 Å². The number of nitrogens with one attached hydrogen (secondary N) is 1. The van der Waals surface area contributed by atoms with Crippen LogP contribution in [0.15, 0.2) is 18.2 Å². The molecule has 0 aliphatic carbocycles. The second kappa shape index (κ2) is 7.04. The van der Waals surface area contributed by atoms with Crippen LogP contribution in [0.25, 0.3) is 0 Å². The van der Waals surface area contributed by atoms with Crippen molar-refractivity contribution in [3.05, 3.63) is 29.6 Å². The molecule has 0 saturated carbocycles. The van der Waals surface area contributed by atoms with Crippen LogP contribution in [0.2, 0.25) is 0 Å². The summed E-state index contributed by atoms with van der Waals surface area (Å²) in [5.74, 6) is -0.600. The third-order valence-corrected chi connectivity index (χ3v) is 3.65. The summed E-state index contributed by atoms with van der Waals surface area (Å²) in [7, 11) is 0. The molecule has 3 N–H and O–H groups in total. The number of carbonyl (C=O) groups excluding carboxylic acids is 1. The predicted octanol–water partition coefficient (Wildman–Crippen LogP) is 0.989. The van der Waals surface area contributed by atoms with Crippen LogP contribution < -0.4 is 16.0 Å². The molecule has 0 radical (unpaired) electrons. The van der Waals surface area contributed by atoms with Crippen LogP contribution >= 0.6 is 0 Å². The zero-order valence-electron chi connectivity index (χ0n) is 11.8. The molecule has 1 heterocycles. The number of rotatable bonds is 4. The maximum Gasteiger partial charge on any atom is 0.224 e. The summed E-state index contributed by atoms with van der Waals surface area (Å²) < 4.78 is 14.0. The Morgan fingerprint density at radius 1 is 1.57 bits per heavy atom. The van der Waals surface area contributed by atoms with Crippen LogP contribution in [-0.4, -0.2) is 32.1 Å². The summed E-state index contributed by atoms with van der Waals surface area (Å²) in [6, 6.07) is 6.34. The van der Waals surface area contributed by atoms with Crippen LogP contribution in [0.3, 0.4) is 0 Å². The average molecular weight is 290 g/mol. The van der Waals surface area contributed by atoms with Gasteiger partial charge in [-0.15, -0.1) is 0 Å². The minimum Gasteiger partial charge on any atom is -0.368 e. The number of hydrogen-bond donors (Lipinski definition) is 2. The molecule has 1 aliphatic rings. The lowest BCUT2D eigenvalue weighted by Gasteiger charge is -2.33. The molecule has 2 rings (SSSR count). The number of hydrogen-bond acceptors (Lipinski definition) is 4. The zero-order valence-corrected chi connectivity index (χ0v) is 11.8. The number of piperidine rings is 1. The molecule has 0 bridgehead atoms. The quantitative estimate of drug-likeness (QED) is 0.866. The summed E-state index contributed by atoms with van der Waals surface area (Å²) in [5.41, 5.74) is 6.12. The Balaban J connectivity index is 2.07. The Labute approximate surface area is 123 Å². The van der Waals surface area contributed by atoms with E-state index in [-0.39, 0.29) is 11.8 Å². The van der Waals surface area contributed by atoms with E-state index in [1.807, 2.05) is 11.0 Å². The lowest BCUT2D eigenvalue weighted by molar-refractivity contribution is -0.125. The average Bonchev–Trinajstić information content (AvgIpc) is 2.52. The third-order valence-electron chi connectivity index (χ3n) is 3.65. The molecule has 0 spiro atoms. The maximum atomic E-state index is 14.0. The fourth-order valence-electron chi connectivity index (χ4n) is 2.58. The number of carbonyl (C=O) groups is 1. The standard InChI is InChI=1S/C15H19FN4O/c16-13-8-11(9-18)3-4-14(13)20-7-1-2-12(10-20)15(21)19-6-5-17/h3-4,8,12H,1-2,5-7,10,17H2,(H,19,21). The van der Waals surface area contributed by atoms with Gasteiger partial charge in [0.2, 0.25) is 5.91 Å². The van der Waals surface area contributed by atoms with Gasteiger partial charge >= 0.3 is 0 Å². The van der Waals surface area contributed by atoms with E-state index in [1.165, 1.54) is 6.07 Å². The van der Waals surface area contributed by atoms with E-state index in [9.17, 15) is 9.18 Å². The summed E-state index contributed by atoms with van der Waals surface area (Å²) in [6.45, 7) is 2.07. The molecule has 1 fully saturated rings. The molecule has 112 valence electrons. The number of anilines is 1. The van der Waals surface area contributed by atoms with Gasteiger partial charge in [-0.05, 0) is 31.0 Å². The number of benzene rings is 1.